The van der Waals surface area contributed by atoms with Gasteiger partial charge in [-0.25, -0.2) is 0 Å². The third kappa shape index (κ3) is 1.11. The molecule has 16 heavy (non-hydrogen) atoms. The van der Waals surface area contributed by atoms with Crippen LogP contribution in [0.3, 0.4) is 0 Å². The van der Waals surface area contributed by atoms with E-state index in [9.17, 15) is 0 Å². The highest BCUT2D eigenvalue weighted by Gasteiger charge is 2.13. The molecule has 0 aliphatic heterocycles. The van der Waals surface area contributed by atoms with Crippen molar-refractivity contribution in [2.24, 2.45) is 7.05 Å². The minimum absolute atomic E-state index is 1.15. The molecule has 3 rings (SSSR count). The Morgan fingerprint density at radius 2 is 2.06 bits per heavy atom. The Morgan fingerprint density at radius 1 is 1.25 bits per heavy atom. The van der Waals surface area contributed by atoms with Crippen molar-refractivity contribution in [3.63, 3.8) is 0 Å². The van der Waals surface area contributed by atoms with Crippen LogP contribution in [0.1, 0.15) is 5.69 Å². The molecule has 1 N–H and O–H groups in total. The third-order valence-corrected chi connectivity index (χ3v) is 3.19. The van der Waals surface area contributed by atoms with E-state index in [-0.39, 0.29) is 0 Å². The van der Waals surface area contributed by atoms with Gasteiger partial charge in [-0.1, -0.05) is 18.2 Å². The number of nitrogens with zero attached hydrogens (tertiary/aromatic N) is 2. The summed E-state index contributed by atoms with van der Waals surface area (Å²) in [7, 11) is 2.10. The number of para-hydroxylation sites is 1. The number of aryl methyl sites for hydroxylation is 1. The van der Waals surface area contributed by atoms with E-state index in [1.165, 1.54) is 22.2 Å². The number of benzene rings is 1. The Bertz CT molecular complexity index is 633. The predicted molar refractivity (Wildman–Crippen MR) is 65.2 cm³/mol. The summed E-state index contributed by atoms with van der Waals surface area (Å²) in [5.74, 6) is 0. The standard InChI is InChI=1S/C13H13N3/c1-9-13(10-7-14-15-8-10)11-5-3-4-6-12(11)16(9)2/h3-8H,1-2H3,(H,14,15). The van der Waals surface area contributed by atoms with Crippen LogP contribution in [0, 0.1) is 6.92 Å². The van der Waals surface area contributed by atoms with Gasteiger partial charge < -0.3 is 4.57 Å². The van der Waals surface area contributed by atoms with Crippen LogP contribution < -0.4 is 0 Å². The molecule has 2 heterocycles. The van der Waals surface area contributed by atoms with Crippen molar-refractivity contribution in [1.82, 2.24) is 14.8 Å². The summed E-state index contributed by atoms with van der Waals surface area (Å²) < 4.78 is 2.22. The molecule has 1 aromatic carbocycles. The molecule has 2 aromatic heterocycles. The molecular formula is C13H13N3. The monoisotopic (exact) mass is 211 g/mol. The maximum absolute atomic E-state index is 4.02. The number of nitrogens with one attached hydrogen (secondary N) is 1. The van der Waals surface area contributed by atoms with Crippen LogP contribution in [0.2, 0.25) is 0 Å². The van der Waals surface area contributed by atoms with E-state index in [4.69, 9.17) is 0 Å². The van der Waals surface area contributed by atoms with Crippen LogP contribution in [0.25, 0.3) is 22.0 Å². The van der Waals surface area contributed by atoms with Crippen LogP contribution in [0.5, 0.6) is 0 Å². The van der Waals surface area contributed by atoms with Gasteiger partial charge in [0.1, 0.15) is 0 Å². The first-order valence-corrected chi connectivity index (χ1v) is 5.32. The summed E-state index contributed by atoms with van der Waals surface area (Å²) in [6.45, 7) is 2.14. The molecule has 0 bridgehead atoms. The zero-order chi connectivity index (χ0) is 11.1. The number of aromatic amines is 1. The van der Waals surface area contributed by atoms with Crippen LogP contribution in [0.15, 0.2) is 36.7 Å². The third-order valence-electron chi connectivity index (χ3n) is 3.19. The summed E-state index contributed by atoms with van der Waals surface area (Å²) in [4.78, 5) is 0. The highest BCUT2D eigenvalue weighted by molar-refractivity contribution is 5.97. The second-order valence-electron chi connectivity index (χ2n) is 4.02. The number of H-pyrrole nitrogens is 1. The average molecular weight is 211 g/mol. The Balaban J connectivity index is 2.44. The van der Waals surface area contributed by atoms with Crippen molar-refractivity contribution in [1.29, 1.82) is 0 Å². The molecule has 0 saturated carbocycles. The SMILES string of the molecule is Cc1c(-c2cn[nH]c2)c2ccccc2n1C. The molecular weight excluding hydrogens is 198 g/mol. The van der Waals surface area contributed by atoms with E-state index in [1.807, 2.05) is 12.4 Å². The molecule has 3 aromatic rings. The van der Waals surface area contributed by atoms with E-state index >= 15 is 0 Å². The number of aromatic nitrogens is 3. The van der Waals surface area contributed by atoms with E-state index in [2.05, 4.69) is 53.0 Å². The maximum Gasteiger partial charge on any atom is 0.0566 e. The molecule has 0 spiro atoms. The van der Waals surface area contributed by atoms with Gasteiger partial charge in [0.25, 0.3) is 0 Å². The largest absolute Gasteiger partial charge is 0.347 e. The van der Waals surface area contributed by atoms with E-state index in [0.717, 1.165) is 5.56 Å². The van der Waals surface area contributed by atoms with Crippen LogP contribution in [-0.4, -0.2) is 14.8 Å². The van der Waals surface area contributed by atoms with Gasteiger partial charge in [-0.2, -0.15) is 5.10 Å². The van der Waals surface area contributed by atoms with E-state index in [0.29, 0.717) is 0 Å². The van der Waals surface area contributed by atoms with Crippen molar-refractivity contribution in [2.45, 2.75) is 6.92 Å². The van der Waals surface area contributed by atoms with E-state index in [1.54, 1.807) is 0 Å². The van der Waals surface area contributed by atoms with Gasteiger partial charge in [-0.05, 0) is 13.0 Å². The second-order valence-corrected chi connectivity index (χ2v) is 4.02. The van der Waals surface area contributed by atoms with Crippen molar-refractivity contribution in [3.05, 3.63) is 42.4 Å². The van der Waals surface area contributed by atoms with Gasteiger partial charge in [-0.3, -0.25) is 5.10 Å². The maximum atomic E-state index is 4.02. The van der Waals surface area contributed by atoms with Crippen LogP contribution >= 0.6 is 0 Å². The molecule has 0 radical (unpaired) electrons. The lowest BCUT2D eigenvalue weighted by Crippen LogP contribution is -1.89. The molecule has 0 saturated heterocycles. The number of fused-ring (bicyclic) bond motifs is 1. The number of hydrogen-bond acceptors (Lipinski definition) is 1. The van der Waals surface area contributed by atoms with Crippen molar-refractivity contribution in [2.75, 3.05) is 0 Å². The fraction of sp³-hybridized carbons (Fsp3) is 0.154. The second kappa shape index (κ2) is 3.23. The first-order valence-electron chi connectivity index (χ1n) is 5.32. The minimum atomic E-state index is 1.15. The molecule has 3 nitrogen and oxygen atoms in total. The van der Waals surface area contributed by atoms with Crippen molar-refractivity contribution >= 4 is 10.9 Å². The summed E-state index contributed by atoms with van der Waals surface area (Å²) in [6.07, 6.45) is 3.81. The van der Waals surface area contributed by atoms with Crippen LogP contribution in [-0.2, 0) is 7.05 Å². The fourth-order valence-electron chi connectivity index (χ4n) is 2.27. The topological polar surface area (TPSA) is 33.6 Å². The predicted octanol–water partition coefficient (Wildman–Crippen LogP) is 2.88. The lowest BCUT2D eigenvalue weighted by molar-refractivity contribution is 0.920. The first kappa shape index (κ1) is 9.21. The zero-order valence-electron chi connectivity index (χ0n) is 9.36. The minimum Gasteiger partial charge on any atom is -0.347 e. The summed E-state index contributed by atoms with van der Waals surface area (Å²) in [5, 5.41) is 8.17. The van der Waals surface area contributed by atoms with E-state index < -0.39 is 0 Å². The molecule has 3 heteroatoms. The van der Waals surface area contributed by atoms with Gasteiger partial charge in [0.15, 0.2) is 0 Å². The summed E-state index contributed by atoms with van der Waals surface area (Å²) >= 11 is 0. The summed E-state index contributed by atoms with van der Waals surface area (Å²) in [5.41, 5.74) is 4.94. The van der Waals surface area contributed by atoms with Crippen molar-refractivity contribution < 1.29 is 0 Å². The number of hydrogen-bond donors (Lipinski definition) is 1. The zero-order valence-corrected chi connectivity index (χ0v) is 9.36. The molecule has 0 aliphatic rings. The normalized spacial score (nSPS) is 11.1. The molecule has 80 valence electrons. The number of rotatable bonds is 1. The Labute approximate surface area is 93.7 Å². The van der Waals surface area contributed by atoms with Gasteiger partial charge in [-0.15, -0.1) is 0 Å². The molecule has 0 unspecified atom stereocenters. The highest BCUT2D eigenvalue weighted by atomic mass is 15.1. The van der Waals surface area contributed by atoms with Gasteiger partial charge >= 0.3 is 0 Å². The van der Waals surface area contributed by atoms with Gasteiger partial charge in [0.2, 0.25) is 0 Å². The Kier molecular flexibility index (Phi) is 1.86. The first-order chi connectivity index (χ1) is 7.79. The summed E-state index contributed by atoms with van der Waals surface area (Å²) in [6, 6.07) is 8.45. The lowest BCUT2D eigenvalue weighted by atomic mass is 10.1. The fourth-order valence-corrected chi connectivity index (χ4v) is 2.27. The highest BCUT2D eigenvalue weighted by Crippen LogP contribution is 2.32. The molecule has 0 amide bonds. The smallest absolute Gasteiger partial charge is 0.0566 e. The molecule has 0 atom stereocenters. The quantitative estimate of drug-likeness (QED) is 0.659. The van der Waals surface area contributed by atoms with Gasteiger partial charge in [0.05, 0.1) is 6.20 Å². The molecule has 0 aliphatic carbocycles. The molecule has 0 fully saturated rings. The van der Waals surface area contributed by atoms with Crippen LogP contribution in [0.4, 0.5) is 0 Å². The lowest BCUT2D eigenvalue weighted by Gasteiger charge is -1.98. The Morgan fingerprint density at radius 3 is 2.81 bits per heavy atom. The Hall–Kier alpha value is -2.03. The van der Waals surface area contributed by atoms with Gasteiger partial charge in [0, 0.05) is 41.0 Å². The van der Waals surface area contributed by atoms with Crippen molar-refractivity contribution in [3.8, 4) is 11.1 Å². The average Bonchev–Trinajstić information content (AvgIpc) is 2.89.